The van der Waals surface area contributed by atoms with E-state index >= 15 is 0 Å². The summed E-state index contributed by atoms with van der Waals surface area (Å²) in [7, 11) is 0. The standard InChI is InChI=1S/C18H11ClF3NO/c19-16-8-7-14(10-15(16)18(20,21)22)23-17(24)13-6-5-11-3-1-2-4-12(11)9-13/h1-10H,(H,23,24). The average molecular weight is 350 g/mol. The minimum absolute atomic E-state index is 0.0323. The first-order valence-electron chi connectivity index (χ1n) is 7.01. The molecule has 0 unspecified atom stereocenters. The molecular weight excluding hydrogens is 339 g/mol. The molecule has 0 bridgehead atoms. The second kappa shape index (κ2) is 6.17. The summed E-state index contributed by atoms with van der Waals surface area (Å²) in [5.41, 5.74) is -0.595. The van der Waals surface area contributed by atoms with E-state index in [4.69, 9.17) is 11.6 Å². The van der Waals surface area contributed by atoms with E-state index in [-0.39, 0.29) is 5.69 Å². The summed E-state index contributed by atoms with van der Waals surface area (Å²) in [5.74, 6) is -0.490. The van der Waals surface area contributed by atoms with Crippen molar-refractivity contribution in [1.82, 2.24) is 0 Å². The summed E-state index contributed by atoms with van der Waals surface area (Å²) in [5, 5.41) is 3.90. The van der Waals surface area contributed by atoms with Gasteiger partial charge in [0, 0.05) is 11.3 Å². The lowest BCUT2D eigenvalue weighted by molar-refractivity contribution is -0.137. The molecule has 1 N–H and O–H groups in total. The van der Waals surface area contributed by atoms with E-state index in [9.17, 15) is 18.0 Å². The first kappa shape index (κ1) is 16.3. The molecule has 3 rings (SSSR count). The molecule has 1 amide bonds. The van der Waals surface area contributed by atoms with Gasteiger partial charge < -0.3 is 5.32 Å². The van der Waals surface area contributed by atoms with Gasteiger partial charge in [-0.25, -0.2) is 0 Å². The molecule has 2 nitrogen and oxygen atoms in total. The molecule has 3 aromatic carbocycles. The monoisotopic (exact) mass is 349 g/mol. The number of anilines is 1. The van der Waals surface area contributed by atoms with Crippen LogP contribution >= 0.6 is 11.6 Å². The Labute approximate surface area is 140 Å². The van der Waals surface area contributed by atoms with Gasteiger partial charge in [-0.05, 0) is 41.1 Å². The number of carbonyl (C=O) groups is 1. The fraction of sp³-hybridized carbons (Fsp3) is 0.0556. The predicted octanol–water partition coefficient (Wildman–Crippen LogP) is 5.76. The molecule has 0 fully saturated rings. The summed E-state index contributed by atoms with van der Waals surface area (Å²) in [6.45, 7) is 0. The van der Waals surface area contributed by atoms with Crippen molar-refractivity contribution in [3.05, 3.63) is 76.8 Å². The van der Waals surface area contributed by atoms with Crippen molar-refractivity contribution < 1.29 is 18.0 Å². The van der Waals surface area contributed by atoms with Gasteiger partial charge in [0.1, 0.15) is 0 Å². The van der Waals surface area contributed by atoms with Crippen LogP contribution < -0.4 is 5.32 Å². The molecule has 0 atom stereocenters. The highest BCUT2D eigenvalue weighted by Gasteiger charge is 2.33. The number of halogens is 4. The van der Waals surface area contributed by atoms with Gasteiger partial charge in [0.15, 0.2) is 0 Å². The van der Waals surface area contributed by atoms with Gasteiger partial charge in [-0.1, -0.05) is 41.9 Å². The number of nitrogens with one attached hydrogen (secondary N) is 1. The van der Waals surface area contributed by atoms with Crippen molar-refractivity contribution in [2.75, 3.05) is 5.32 Å². The molecule has 3 aromatic rings. The lowest BCUT2D eigenvalue weighted by atomic mass is 10.1. The number of carbonyl (C=O) groups excluding carboxylic acids is 1. The fourth-order valence-electron chi connectivity index (χ4n) is 2.35. The second-order valence-electron chi connectivity index (χ2n) is 5.21. The van der Waals surface area contributed by atoms with Crippen LogP contribution in [0.3, 0.4) is 0 Å². The SMILES string of the molecule is O=C(Nc1ccc(Cl)c(C(F)(F)F)c1)c1ccc2ccccc2c1. The van der Waals surface area contributed by atoms with Crippen LogP contribution in [0.25, 0.3) is 10.8 Å². The number of fused-ring (bicyclic) bond motifs is 1. The number of hydrogen-bond donors (Lipinski definition) is 1. The van der Waals surface area contributed by atoms with Gasteiger partial charge in [-0.15, -0.1) is 0 Å². The molecule has 122 valence electrons. The fourth-order valence-corrected chi connectivity index (χ4v) is 2.58. The number of amides is 1. The normalized spacial score (nSPS) is 11.5. The van der Waals surface area contributed by atoms with E-state index in [0.29, 0.717) is 5.56 Å². The van der Waals surface area contributed by atoms with E-state index < -0.39 is 22.7 Å². The zero-order valence-electron chi connectivity index (χ0n) is 12.2. The van der Waals surface area contributed by atoms with Crippen LogP contribution in [-0.4, -0.2) is 5.91 Å². The Morgan fingerprint density at radius 2 is 1.62 bits per heavy atom. The lowest BCUT2D eigenvalue weighted by Crippen LogP contribution is -2.13. The van der Waals surface area contributed by atoms with Crippen molar-refractivity contribution >= 4 is 34.0 Å². The van der Waals surface area contributed by atoms with Crippen LogP contribution in [0.1, 0.15) is 15.9 Å². The van der Waals surface area contributed by atoms with Gasteiger partial charge in [0.05, 0.1) is 10.6 Å². The molecule has 24 heavy (non-hydrogen) atoms. The first-order chi connectivity index (χ1) is 11.3. The Kier molecular flexibility index (Phi) is 4.20. The Hall–Kier alpha value is -2.53. The average Bonchev–Trinajstić information content (AvgIpc) is 2.55. The van der Waals surface area contributed by atoms with E-state index in [2.05, 4.69) is 5.32 Å². The number of hydrogen-bond acceptors (Lipinski definition) is 1. The molecule has 0 radical (unpaired) electrons. The maximum Gasteiger partial charge on any atom is 0.417 e. The quantitative estimate of drug-likeness (QED) is 0.625. The molecule has 0 saturated heterocycles. The highest BCUT2D eigenvalue weighted by atomic mass is 35.5. The highest BCUT2D eigenvalue weighted by Crippen LogP contribution is 2.36. The number of benzene rings is 3. The smallest absolute Gasteiger partial charge is 0.322 e. The molecule has 0 spiro atoms. The lowest BCUT2D eigenvalue weighted by Gasteiger charge is -2.12. The zero-order chi connectivity index (χ0) is 17.3. The maximum absolute atomic E-state index is 12.9. The molecule has 0 aliphatic rings. The molecule has 0 aliphatic heterocycles. The van der Waals surface area contributed by atoms with E-state index in [1.807, 2.05) is 24.3 Å². The summed E-state index contributed by atoms with van der Waals surface area (Å²) in [6.07, 6.45) is -4.58. The Morgan fingerprint density at radius 1 is 0.917 bits per heavy atom. The van der Waals surface area contributed by atoms with Crippen molar-refractivity contribution in [2.45, 2.75) is 6.18 Å². The molecule has 0 aromatic heterocycles. The minimum Gasteiger partial charge on any atom is -0.322 e. The summed E-state index contributed by atoms with van der Waals surface area (Å²) in [6, 6.07) is 15.9. The molecule has 0 heterocycles. The van der Waals surface area contributed by atoms with Crippen molar-refractivity contribution in [1.29, 1.82) is 0 Å². The van der Waals surface area contributed by atoms with Crippen LogP contribution in [0.5, 0.6) is 0 Å². The molecule has 0 aliphatic carbocycles. The molecule has 0 saturated carbocycles. The zero-order valence-corrected chi connectivity index (χ0v) is 12.9. The van der Waals surface area contributed by atoms with E-state index in [0.717, 1.165) is 22.9 Å². The van der Waals surface area contributed by atoms with Crippen molar-refractivity contribution in [2.24, 2.45) is 0 Å². The van der Waals surface area contributed by atoms with Gasteiger partial charge in [-0.2, -0.15) is 13.2 Å². The number of rotatable bonds is 2. The molecule has 6 heteroatoms. The maximum atomic E-state index is 12.9. The van der Waals surface area contributed by atoms with E-state index in [1.54, 1.807) is 18.2 Å². The number of alkyl halides is 3. The van der Waals surface area contributed by atoms with Crippen molar-refractivity contribution in [3.8, 4) is 0 Å². The highest BCUT2D eigenvalue weighted by molar-refractivity contribution is 6.31. The Balaban J connectivity index is 1.88. The van der Waals surface area contributed by atoms with Gasteiger partial charge >= 0.3 is 6.18 Å². The van der Waals surface area contributed by atoms with Crippen molar-refractivity contribution in [3.63, 3.8) is 0 Å². The third kappa shape index (κ3) is 3.36. The van der Waals surface area contributed by atoms with Gasteiger partial charge in [0.2, 0.25) is 0 Å². The Bertz CT molecular complexity index is 922. The second-order valence-corrected chi connectivity index (χ2v) is 5.62. The minimum atomic E-state index is -4.58. The molecular formula is C18H11ClF3NO. The Morgan fingerprint density at radius 3 is 2.33 bits per heavy atom. The van der Waals surface area contributed by atoms with Crippen LogP contribution in [-0.2, 0) is 6.18 Å². The largest absolute Gasteiger partial charge is 0.417 e. The predicted molar refractivity (Wildman–Crippen MR) is 88.4 cm³/mol. The van der Waals surface area contributed by atoms with Gasteiger partial charge in [0.25, 0.3) is 5.91 Å². The summed E-state index contributed by atoms with van der Waals surface area (Å²) < 4.78 is 38.6. The van der Waals surface area contributed by atoms with Gasteiger partial charge in [-0.3, -0.25) is 4.79 Å². The van der Waals surface area contributed by atoms with Crippen LogP contribution in [0.15, 0.2) is 60.7 Å². The summed E-state index contributed by atoms with van der Waals surface area (Å²) in [4.78, 5) is 12.3. The first-order valence-corrected chi connectivity index (χ1v) is 7.39. The van der Waals surface area contributed by atoms with Crippen LogP contribution in [0.2, 0.25) is 5.02 Å². The third-order valence-electron chi connectivity index (χ3n) is 3.54. The third-order valence-corrected chi connectivity index (χ3v) is 3.87. The van der Waals surface area contributed by atoms with Crippen LogP contribution in [0.4, 0.5) is 18.9 Å². The summed E-state index contributed by atoms with van der Waals surface area (Å²) >= 11 is 5.57. The topological polar surface area (TPSA) is 29.1 Å². The van der Waals surface area contributed by atoms with Crippen LogP contribution in [0, 0.1) is 0 Å². The van der Waals surface area contributed by atoms with E-state index in [1.165, 1.54) is 6.07 Å².